The molecule has 1 heterocycles. The highest BCUT2D eigenvalue weighted by Gasteiger charge is 2.18. The van der Waals surface area contributed by atoms with Crippen molar-refractivity contribution in [2.24, 2.45) is 0 Å². The summed E-state index contributed by atoms with van der Waals surface area (Å²) < 4.78 is 1.84. The maximum Gasteiger partial charge on any atom is 0.222 e. The van der Waals surface area contributed by atoms with Gasteiger partial charge < -0.3 is 0 Å². The molecule has 0 spiro atoms. The van der Waals surface area contributed by atoms with E-state index in [1.54, 1.807) is 0 Å². The first-order valence-electron chi connectivity index (χ1n) is 5.50. The standard InChI is InChI=1S/C12H18NO/c1-11-7-9-13(10-8-11)14-12-5-3-2-4-6-12/h7-10,12H,2-6H2,1H3/q+1. The summed E-state index contributed by atoms with van der Waals surface area (Å²) in [6, 6.07) is 4.14. The summed E-state index contributed by atoms with van der Waals surface area (Å²) in [5, 5.41) is 0. The molecule has 1 aliphatic carbocycles. The lowest BCUT2D eigenvalue weighted by Crippen LogP contribution is -2.47. The molecule has 0 unspecified atom stereocenters. The Balaban J connectivity index is 1.92. The van der Waals surface area contributed by atoms with Crippen LogP contribution in [0, 0.1) is 6.92 Å². The minimum Gasteiger partial charge on any atom is -0.268 e. The Kier molecular flexibility index (Phi) is 3.02. The summed E-state index contributed by atoms with van der Waals surface area (Å²) in [5.41, 5.74) is 1.27. The molecule has 2 nitrogen and oxygen atoms in total. The van der Waals surface area contributed by atoms with Crippen LogP contribution in [0.5, 0.6) is 0 Å². The smallest absolute Gasteiger partial charge is 0.222 e. The van der Waals surface area contributed by atoms with Gasteiger partial charge in [-0.1, -0.05) is 6.42 Å². The van der Waals surface area contributed by atoms with Crippen LogP contribution in [0.4, 0.5) is 0 Å². The summed E-state index contributed by atoms with van der Waals surface area (Å²) >= 11 is 0. The van der Waals surface area contributed by atoms with Crippen molar-refractivity contribution in [2.45, 2.75) is 45.1 Å². The maximum absolute atomic E-state index is 5.83. The zero-order chi connectivity index (χ0) is 9.80. The van der Waals surface area contributed by atoms with Gasteiger partial charge in [0.05, 0.1) is 0 Å². The van der Waals surface area contributed by atoms with Crippen LogP contribution in [0.15, 0.2) is 24.5 Å². The second-order valence-corrected chi connectivity index (χ2v) is 4.10. The summed E-state index contributed by atoms with van der Waals surface area (Å²) in [6.07, 6.45) is 10.8. The molecule has 2 heteroatoms. The Bertz CT molecular complexity index is 275. The van der Waals surface area contributed by atoms with Crippen LogP contribution >= 0.6 is 0 Å². The maximum atomic E-state index is 5.83. The monoisotopic (exact) mass is 192 g/mol. The summed E-state index contributed by atoms with van der Waals surface area (Å²) in [4.78, 5) is 5.83. The van der Waals surface area contributed by atoms with Crippen LogP contribution in [0.1, 0.15) is 37.7 Å². The largest absolute Gasteiger partial charge is 0.268 e. The lowest BCUT2D eigenvalue weighted by atomic mass is 9.98. The zero-order valence-electron chi connectivity index (χ0n) is 8.78. The second kappa shape index (κ2) is 4.45. The minimum absolute atomic E-state index is 0.427. The van der Waals surface area contributed by atoms with E-state index >= 15 is 0 Å². The molecule has 76 valence electrons. The van der Waals surface area contributed by atoms with E-state index in [4.69, 9.17) is 4.84 Å². The number of hydrogen-bond donors (Lipinski definition) is 0. The van der Waals surface area contributed by atoms with Crippen molar-refractivity contribution in [1.29, 1.82) is 0 Å². The SMILES string of the molecule is Cc1cc[n+](OC2CCCCC2)cc1. The summed E-state index contributed by atoms with van der Waals surface area (Å²) in [7, 11) is 0. The molecule has 1 aromatic rings. The average molecular weight is 192 g/mol. The predicted octanol–water partition coefficient (Wildman–Crippen LogP) is 2.04. The van der Waals surface area contributed by atoms with Crippen LogP contribution in [0.3, 0.4) is 0 Å². The van der Waals surface area contributed by atoms with Crippen LogP contribution in [0.25, 0.3) is 0 Å². The number of rotatable bonds is 2. The molecule has 1 fully saturated rings. The van der Waals surface area contributed by atoms with Crippen molar-refractivity contribution in [3.05, 3.63) is 30.1 Å². The quantitative estimate of drug-likeness (QED) is 0.654. The van der Waals surface area contributed by atoms with Gasteiger partial charge in [0.1, 0.15) is 0 Å². The molecule has 0 amide bonds. The first kappa shape index (κ1) is 9.50. The molecule has 0 radical (unpaired) electrons. The minimum atomic E-state index is 0.427. The third kappa shape index (κ3) is 2.47. The molecule has 0 N–H and O–H groups in total. The molecule has 1 aromatic heterocycles. The van der Waals surface area contributed by atoms with Gasteiger partial charge in [0.25, 0.3) is 0 Å². The molecule has 1 saturated carbocycles. The Labute approximate surface area is 85.5 Å². The van der Waals surface area contributed by atoms with Crippen molar-refractivity contribution >= 4 is 0 Å². The predicted molar refractivity (Wildman–Crippen MR) is 54.8 cm³/mol. The van der Waals surface area contributed by atoms with Gasteiger partial charge in [0.15, 0.2) is 6.10 Å². The summed E-state index contributed by atoms with van der Waals surface area (Å²) in [5.74, 6) is 0. The third-order valence-electron chi connectivity index (χ3n) is 2.79. The van der Waals surface area contributed by atoms with Crippen molar-refractivity contribution < 1.29 is 9.57 Å². The van der Waals surface area contributed by atoms with Crippen LogP contribution < -0.4 is 9.57 Å². The van der Waals surface area contributed by atoms with Gasteiger partial charge in [-0.15, -0.1) is 0 Å². The van der Waals surface area contributed by atoms with E-state index in [0.29, 0.717) is 6.10 Å². The van der Waals surface area contributed by atoms with Gasteiger partial charge in [0.2, 0.25) is 12.4 Å². The first-order valence-corrected chi connectivity index (χ1v) is 5.50. The molecule has 0 aromatic carbocycles. The van der Waals surface area contributed by atoms with E-state index in [0.717, 1.165) is 0 Å². The van der Waals surface area contributed by atoms with E-state index in [1.165, 1.54) is 37.7 Å². The molecule has 1 aliphatic rings. The van der Waals surface area contributed by atoms with Gasteiger partial charge in [-0.3, -0.25) is 4.84 Å². The zero-order valence-corrected chi connectivity index (χ0v) is 8.78. The highest BCUT2D eigenvalue weighted by molar-refractivity contribution is 5.02. The number of aryl methyl sites for hydroxylation is 1. The Morgan fingerprint density at radius 1 is 1.14 bits per heavy atom. The molecule has 14 heavy (non-hydrogen) atoms. The number of hydrogen-bond acceptors (Lipinski definition) is 1. The third-order valence-corrected chi connectivity index (χ3v) is 2.79. The van der Waals surface area contributed by atoms with Crippen molar-refractivity contribution in [3.8, 4) is 0 Å². The van der Waals surface area contributed by atoms with Gasteiger partial charge in [-0.05, 0) is 38.2 Å². The van der Waals surface area contributed by atoms with Crippen molar-refractivity contribution in [3.63, 3.8) is 0 Å². The lowest BCUT2D eigenvalue weighted by Gasteiger charge is -2.17. The molecular formula is C12H18NO+. The topological polar surface area (TPSA) is 13.1 Å². The van der Waals surface area contributed by atoms with E-state index in [1.807, 2.05) is 17.1 Å². The van der Waals surface area contributed by atoms with Crippen LogP contribution in [-0.4, -0.2) is 6.10 Å². The van der Waals surface area contributed by atoms with Crippen LogP contribution in [0.2, 0.25) is 0 Å². The highest BCUT2D eigenvalue weighted by Crippen LogP contribution is 2.17. The molecule has 0 atom stereocenters. The Hall–Kier alpha value is -1.05. The molecule has 2 rings (SSSR count). The second-order valence-electron chi connectivity index (χ2n) is 4.10. The fourth-order valence-corrected chi connectivity index (χ4v) is 1.90. The highest BCUT2D eigenvalue weighted by atomic mass is 16.7. The fraction of sp³-hybridized carbons (Fsp3) is 0.583. The molecule has 0 saturated heterocycles. The number of aromatic nitrogens is 1. The van der Waals surface area contributed by atoms with E-state index < -0.39 is 0 Å². The molecule has 0 aliphatic heterocycles. The van der Waals surface area contributed by atoms with Crippen LogP contribution in [-0.2, 0) is 0 Å². The molecular weight excluding hydrogens is 174 g/mol. The van der Waals surface area contributed by atoms with E-state index in [9.17, 15) is 0 Å². The fourth-order valence-electron chi connectivity index (χ4n) is 1.90. The molecule has 0 bridgehead atoms. The van der Waals surface area contributed by atoms with E-state index in [-0.39, 0.29) is 0 Å². The van der Waals surface area contributed by atoms with Crippen molar-refractivity contribution in [2.75, 3.05) is 0 Å². The summed E-state index contributed by atoms with van der Waals surface area (Å²) in [6.45, 7) is 2.09. The number of nitrogens with zero attached hydrogens (tertiary/aromatic N) is 1. The Morgan fingerprint density at radius 2 is 1.79 bits per heavy atom. The lowest BCUT2D eigenvalue weighted by molar-refractivity contribution is -0.899. The number of pyridine rings is 1. The van der Waals surface area contributed by atoms with Gasteiger partial charge >= 0.3 is 0 Å². The van der Waals surface area contributed by atoms with E-state index in [2.05, 4.69) is 19.1 Å². The van der Waals surface area contributed by atoms with Gasteiger partial charge in [-0.25, -0.2) is 0 Å². The average Bonchev–Trinajstić information content (AvgIpc) is 2.23. The normalized spacial score (nSPS) is 18.1. The van der Waals surface area contributed by atoms with Gasteiger partial charge in [0, 0.05) is 16.9 Å². The first-order chi connectivity index (χ1) is 6.84. The van der Waals surface area contributed by atoms with Gasteiger partial charge in [-0.2, -0.15) is 0 Å². The van der Waals surface area contributed by atoms with Crippen molar-refractivity contribution in [1.82, 2.24) is 0 Å². The Morgan fingerprint density at radius 3 is 2.43 bits per heavy atom.